The summed E-state index contributed by atoms with van der Waals surface area (Å²) in [5.41, 5.74) is 1.81. The number of fused-ring (bicyclic) bond motifs is 1. The van der Waals surface area contributed by atoms with Crippen molar-refractivity contribution in [2.75, 3.05) is 7.11 Å². The number of carbonyl (C=O) groups excluding carboxylic acids is 4. The van der Waals surface area contributed by atoms with E-state index in [0.717, 1.165) is 0 Å². The lowest BCUT2D eigenvalue weighted by molar-refractivity contribution is 0.0442. The van der Waals surface area contributed by atoms with Crippen molar-refractivity contribution in [3.8, 4) is 0 Å². The lowest BCUT2D eigenvalue weighted by atomic mass is 9.96. The van der Waals surface area contributed by atoms with Crippen molar-refractivity contribution in [3.63, 3.8) is 0 Å². The largest absolute Gasteiger partial charge is 0.465 e. The average Bonchev–Trinajstić information content (AvgIpc) is 2.87. The maximum Gasteiger partial charge on any atom is 0.346 e. The molecule has 1 aliphatic rings. The molecule has 2 aromatic rings. The number of ether oxygens (including phenoxy) is 2. The maximum absolute atomic E-state index is 12.6. The number of cyclic esters (lactones) is 2. The van der Waals surface area contributed by atoms with Crippen molar-refractivity contribution < 1.29 is 28.7 Å². The Balaban J connectivity index is 1.97. The van der Waals surface area contributed by atoms with E-state index < -0.39 is 17.9 Å². The molecular weight excluding hydrogens is 312 g/mol. The highest BCUT2D eigenvalue weighted by Gasteiger charge is 2.30. The van der Waals surface area contributed by atoms with Crippen LogP contribution in [0.3, 0.4) is 0 Å². The number of rotatable bonds is 3. The molecule has 0 atom stereocenters. The van der Waals surface area contributed by atoms with E-state index in [-0.39, 0.29) is 22.5 Å². The maximum atomic E-state index is 12.6. The van der Waals surface area contributed by atoms with Crippen molar-refractivity contribution in [1.29, 1.82) is 0 Å². The van der Waals surface area contributed by atoms with Gasteiger partial charge in [0.15, 0.2) is 5.78 Å². The Labute approximate surface area is 137 Å². The Morgan fingerprint density at radius 1 is 0.917 bits per heavy atom. The topological polar surface area (TPSA) is 86.7 Å². The van der Waals surface area contributed by atoms with Gasteiger partial charge in [-0.2, -0.15) is 0 Å². The smallest absolute Gasteiger partial charge is 0.346 e. The standard InChI is InChI=1S/C18H12O6/c1-9-7-10(3-5-12(9)16(20)23-2)15(19)11-4-6-13-14(8-11)18(22)24-17(13)21/h3-8H,1-2H3. The minimum absolute atomic E-state index is 0.0775. The van der Waals surface area contributed by atoms with Gasteiger partial charge in [0.25, 0.3) is 0 Å². The van der Waals surface area contributed by atoms with E-state index in [1.807, 2.05) is 0 Å². The summed E-state index contributed by atoms with van der Waals surface area (Å²) in [6.07, 6.45) is 0. The molecule has 0 aliphatic carbocycles. The van der Waals surface area contributed by atoms with Gasteiger partial charge in [0.2, 0.25) is 0 Å². The molecule has 0 spiro atoms. The molecule has 0 N–H and O–H groups in total. The molecule has 24 heavy (non-hydrogen) atoms. The van der Waals surface area contributed by atoms with Crippen LogP contribution in [0.25, 0.3) is 0 Å². The summed E-state index contributed by atoms with van der Waals surface area (Å²) in [6, 6.07) is 8.80. The van der Waals surface area contributed by atoms with Crippen LogP contribution in [0.5, 0.6) is 0 Å². The zero-order valence-corrected chi connectivity index (χ0v) is 12.9. The van der Waals surface area contributed by atoms with Crippen molar-refractivity contribution in [3.05, 3.63) is 69.8 Å². The molecule has 0 bridgehead atoms. The van der Waals surface area contributed by atoms with Crippen molar-refractivity contribution in [1.82, 2.24) is 0 Å². The van der Waals surface area contributed by atoms with E-state index in [0.29, 0.717) is 16.7 Å². The van der Waals surface area contributed by atoms with Gasteiger partial charge in [0.1, 0.15) is 0 Å². The molecule has 0 aromatic heterocycles. The monoisotopic (exact) mass is 324 g/mol. The minimum Gasteiger partial charge on any atom is -0.465 e. The zero-order valence-electron chi connectivity index (χ0n) is 12.9. The molecule has 0 radical (unpaired) electrons. The first-order chi connectivity index (χ1) is 11.4. The van der Waals surface area contributed by atoms with Crippen LogP contribution in [0.2, 0.25) is 0 Å². The molecule has 0 saturated carbocycles. The lowest BCUT2D eigenvalue weighted by Gasteiger charge is -2.07. The zero-order chi connectivity index (χ0) is 17.4. The molecule has 0 saturated heterocycles. The summed E-state index contributed by atoms with van der Waals surface area (Å²) in [5, 5.41) is 0. The number of hydrogen-bond acceptors (Lipinski definition) is 6. The third kappa shape index (κ3) is 2.48. The summed E-state index contributed by atoms with van der Waals surface area (Å²) >= 11 is 0. The second kappa shape index (κ2) is 5.73. The third-order valence-electron chi connectivity index (χ3n) is 3.80. The highest BCUT2D eigenvalue weighted by molar-refractivity contribution is 6.17. The van der Waals surface area contributed by atoms with Gasteiger partial charge in [0, 0.05) is 11.1 Å². The number of carbonyl (C=O) groups is 4. The molecular formula is C18H12O6. The number of methoxy groups -OCH3 is 1. The van der Waals surface area contributed by atoms with Gasteiger partial charge in [-0.15, -0.1) is 0 Å². The molecule has 6 nitrogen and oxygen atoms in total. The Kier molecular flexibility index (Phi) is 3.73. The van der Waals surface area contributed by atoms with Gasteiger partial charge < -0.3 is 9.47 Å². The molecule has 1 heterocycles. The summed E-state index contributed by atoms with van der Waals surface area (Å²) in [6.45, 7) is 1.70. The minimum atomic E-state index is -0.762. The van der Waals surface area contributed by atoms with Crippen LogP contribution >= 0.6 is 0 Å². The average molecular weight is 324 g/mol. The normalized spacial score (nSPS) is 12.6. The lowest BCUT2D eigenvalue weighted by Crippen LogP contribution is -2.07. The summed E-state index contributed by atoms with van der Waals surface area (Å²) in [5.74, 6) is -2.29. The van der Waals surface area contributed by atoms with Crippen LogP contribution in [-0.2, 0) is 9.47 Å². The van der Waals surface area contributed by atoms with Crippen molar-refractivity contribution in [2.45, 2.75) is 6.92 Å². The molecule has 1 aliphatic heterocycles. The Bertz CT molecular complexity index is 910. The SMILES string of the molecule is COC(=O)c1ccc(C(=O)c2ccc3c(c2)C(=O)OC3=O)cc1C. The summed E-state index contributed by atoms with van der Waals surface area (Å²) in [7, 11) is 1.28. The number of aryl methyl sites for hydroxylation is 1. The highest BCUT2D eigenvalue weighted by Crippen LogP contribution is 2.23. The first kappa shape index (κ1) is 15.6. The second-order valence-electron chi connectivity index (χ2n) is 5.29. The second-order valence-corrected chi connectivity index (χ2v) is 5.29. The number of ketones is 1. The predicted octanol–water partition coefficient (Wildman–Crippen LogP) is 2.32. The molecule has 0 fully saturated rings. The highest BCUT2D eigenvalue weighted by atomic mass is 16.6. The van der Waals surface area contributed by atoms with E-state index in [9.17, 15) is 19.2 Å². The van der Waals surface area contributed by atoms with E-state index in [1.165, 1.54) is 37.4 Å². The van der Waals surface area contributed by atoms with Crippen LogP contribution < -0.4 is 0 Å². The Morgan fingerprint density at radius 2 is 1.54 bits per heavy atom. The van der Waals surface area contributed by atoms with Crippen molar-refractivity contribution >= 4 is 23.7 Å². The van der Waals surface area contributed by atoms with Crippen LogP contribution in [0.15, 0.2) is 36.4 Å². The fourth-order valence-electron chi connectivity index (χ4n) is 2.54. The molecule has 0 unspecified atom stereocenters. The van der Waals surface area contributed by atoms with E-state index in [1.54, 1.807) is 13.0 Å². The van der Waals surface area contributed by atoms with Gasteiger partial charge in [0.05, 0.1) is 23.8 Å². The van der Waals surface area contributed by atoms with Crippen molar-refractivity contribution in [2.24, 2.45) is 0 Å². The Hall–Kier alpha value is -3.28. The molecule has 0 amide bonds. The quantitative estimate of drug-likeness (QED) is 0.489. The Morgan fingerprint density at radius 3 is 2.21 bits per heavy atom. The fourth-order valence-corrected chi connectivity index (χ4v) is 2.54. The van der Waals surface area contributed by atoms with E-state index in [2.05, 4.69) is 9.47 Å². The third-order valence-corrected chi connectivity index (χ3v) is 3.80. The van der Waals surface area contributed by atoms with Gasteiger partial charge in [-0.25, -0.2) is 14.4 Å². The van der Waals surface area contributed by atoms with Gasteiger partial charge in [-0.3, -0.25) is 4.79 Å². The van der Waals surface area contributed by atoms with Crippen LogP contribution in [-0.4, -0.2) is 30.8 Å². The number of esters is 3. The molecule has 3 rings (SSSR count). The first-order valence-corrected chi connectivity index (χ1v) is 7.06. The van der Waals surface area contributed by atoms with Crippen LogP contribution in [0.1, 0.15) is 52.6 Å². The molecule has 6 heteroatoms. The summed E-state index contributed by atoms with van der Waals surface area (Å²) in [4.78, 5) is 47.2. The number of hydrogen-bond donors (Lipinski definition) is 0. The van der Waals surface area contributed by atoms with Gasteiger partial charge in [-0.05, 0) is 36.8 Å². The summed E-state index contributed by atoms with van der Waals surface area (Å²) < 4.78 is 9.17. The number of benzene rings is 2. The predicted molar refractivity (Wildman–Crippen MR) is 82.1 cm³/mol. The van der Waals surface area contributed by atoms with Crippen LogP contribution in [0.4, 0.5) is 0 Å². The molecule has 2 aromatic carbocycles. The van der Waals surface area contributed by atoms with Gasteiger partial charge in [-0.1, -0.05) is 12.1 Å². The van der Waals surface area contributed by atoms with E-state index >= 15 is 0 Å². The van der Waals surface area contributed by atoms with Gasteiger partial charge >= 0.3 is 17.9 Å². The van der Waals surface area contributed by atoms with Crippen LogP contribution in [0, 0.1) is 6.92 Å². The van der Waals surface area contributed by atoms with E-state index in [4.69, 9.17) is 0 Å². The molecule has 120 valence electrons. The fraction of sp³-hybridized carbons (Fsp3) is 0.111. The first-order valence-electron chi connectivity index (χ1n) is 7.06.